The molecular weight excluding hydrogens is 441 g/mol. The van der Waals surface area contributed by atoms with E-state index in [0.717, 1.165) is 12.1 Å². The molecule has 2 aromatic heterocycles. The van der Waals surface area contributed by atoms with E-state index in [1.165, 1.54) is 34.8 Å². The number of benzene rings is 1. The molecule has 0 aliphatic rings. The molecule has 0 unspecified atom stereocenters. The molecule has 2 heterocycles. The highest BCUT2D eigenvalue weighted by Gasteiger charge is 2.31. The van der Waals surface area contributed by atoms with Crippen LogP contribution in [0.25, 0.3) is 0 Å². The molecule has 2 N–H and O–H groups in total. The average molecular weight is 454 g/mol. The Labute approximate surface area is 176 Å². The van der Waals surface area contributed by atoms with Gasteiger partial charge in [-0.15, -0.1) is 35.8 Å². The minimum atomic E-state index is -4.82. The van der Waals surface area contributed by atoms with Crippen molar-refractivity contribution >= 4 is 46.0 Å². The topological polar surface area (TPSA) is 84.5 Å². The van der Waals surface area contributed by atoms with Crippen LogP contribution in [0.15, 0.2) is 53.9 Å². The van der Waals surface area contributed by atoms with Gasteiger partial charge in [-0.2, -0.15) is 0 Å². The minimum absolute atomic E-state index is 0.0486. The predicted octanol–water partition coefficient (Wildman–Crippen LogP) is 4.19. The van der Waals surface area contributed by atoms with Crippen LogP contribution in [-0.2, 0) is 16.1 Å². The standard InChI is InChI=1S/C19H13F3N2O4S2/c20-19(21,22)28-12-5-3-11(4-6-12)24-18(27)17(26)23-10-13-7-8-15(30-13)16(25)14-2-1-9-29-14/h1-9H,10H2,(H,23,26)(H,24,27). The van der Waals surface area contributed by atoms with Gasteiger partial charge in [0, 0.05) is 10.6 Å². The first-order valence-corrected chi connectivity index (χ1v) is 10.0. The van der Waals surface area contributed by atoms with Crippen molar-refractivity contribution in [2.24, 2.45) is 0 Å². The van der Waals surface area contributed by atoms with Gasteiger partial charge in [0.25, 0.3) is 0 Å². The second-order valence-electron chi connectivity index (χ2n) is 5.78. The van der Waals surface area contributed by atoms with Gasteiger partial charge in [0.1, 0.15) is 5.75 Å². The van der Waals surface area contributed by atoms with E-state index in [4.69, 9.17) is 0 Å². The molecule has 3 rings (SSSR count). The van der Waals surface area contributed by atoms with E-state index in [-0.39, 0.29) is 18.0 Å². The maximum absolute atomic E-state index is 12.3. The van der Waals surface area contributed by atoms with Gasteiger partial charge in [-0.1, -0.05) is 6.07 Å². The number of carbonyl (C=O) groups excluding carboxylic acids is 3. The Balaban J connectivity index is 1.50. The first kappa shape index (κ1) is 21.5. The molecule has 2 amide bonds. The Morgan fingerprint density at radius 1 is 0.933 bits per heavy atom. The molecule has 0 fully saturated rings. The third-order valence-electron chi connectivity index (χ3n) is 3.61. The monoisotopic (exact) mass is 454 g/mol. The third-order valence-corrected chi connectivity index (χ3v) is 5.56. The molecule has 0 atom stereocenters. The van der Waals surface area contributed by atoms with Gasteiger partial charge < -0.3 is 15.4 Å². The van der Waals surface area contributed by atoms with Crippen LogP contribution in [-0.4, -0.2) is 24.0 Å². The summed E-state index contributed by atoms with van der Waals surface area (Å²) in [7, 11) is 0. The van der Waals surface area contributed by atoms with Crippen molar-refractivity contribution in [2.45, 2.75) is 12.9 Å². The highest BCUT2D eigenvalue weighted by molar-refractivity contribution is 7.16. The normalized spacial score (nSPS) is 11.0. The molecule has 0 bridgehead atoms. The fraction of sp³-hybridized carbons (Fsp3) is 0.105. The Morgan fingerprint density at radius 3 is 2.30 bits per heavy atom. The summed E-state index contributed by atoms with van der Waals surface area (Å²) in [6.45, 7) is 0.0486. The van der Waals surface area contributed by atoms with E-state index in [9.17, 15) is 27.6 Å². The smallest absolute Gasteiger partial charge is 0.406 e. The maximum Gasteiger partial charge on any atom is 0.573 e. The number of alkyl halides is 3. The largest absolute Gasteiger partial charge is 0.573 e. The molecule has 0 radical (unpaired) electrons. The van der Waals surface area contributed by atoms with Crippen LogP contribution in [0.2, 0.25) is 0 Å². The summed E-state index contributed by atoms with van der Waals surface area (Å²) in [5, 5.41) is 6.50. The molecule has 11 heteroatoms. The molecule has 0 aliphatic heterocycles. The number of ketones is 1. The van der Waals surface area contributed by atoms with Crippen molar-refractivity contribution in [1.82, 2.24) is 5.32 Å². The Bertz CT molecular complexity index is 1040. The van der Waals surface area contributed by atoms with E-state index in [1.807, 2.05) is 0 Å². The predicted molar refractivity (Wildman–Crippen MR) is 106 cm³/mol. The van der Waals surface area contributed by atoms with E-state index in [0.29, 0.717) is 14.6 Å². The van der Waals surface area contributed by atoms with Crippen molar-refractivity contribution in [2.75, 3.05) is 5.32 Å². The number of hydrogen-bond donors (Lipinski definition) is 2. The lowest BCUT2D eigenvalue weighted by atomic mass is 10.3. The molecule has 6 nitrogen and oxygen atoms in total. The second kappa shape index (κ2) is 9.09. The number of amides is 2. The van der Waals surface area contributed by atoms with Crippen LogP contribution >= 0.6 is 22.7 Å². The number of halogens is 3. The summed E-state index contributed by atoms with van der Waals surface area (Å²) in [6.07, 6.45) is -4.82. The van der Waals surface area contributed by atoms with Gasteiger partial charge in [-0.3, -0.25) is 14.4 Å². The molecule has 1 aromatic carbocycles. The highest BCUT2D eigenvalue weighted by Crippen LogP contribution is 2.24. The van der Waals surface area contributed by atoms with Gasteiger partial charge in [-0.25, -0.2) is 0 Å². The van der Waals surface area contributed by atoms with Crippen molar-refractivity contribution in [3.8, 4) is 5.75 Å². The van der Waals surface area contributed by atoms with Crippen molar-refractivity contribution in [1.29, 1.82) is 0 Å². The van der Waals surface area contributed by atoms with Crippen molar-refractivity contribution in [3.63, 3.8) is 0 Å². The zero-order valence-corrected chi connectivity index (χ0v) is 16.6. The van der Waals surface area contributed by atoms with Gasteiger partial charge in [-0.05, 0) is 47.8 Å². The molecule has 0 aliphatic carbocycles. The zero-order chi connectivity index (χ0) is 21.7. The maximum atomic E-state index is 12.3. The summed E-state index contributed by atoms with van der Waals surface area (Å²) >= 11 is 2.54. The van der Waals surface area contributed by atoms with Gasteiger partial charge in [0.15, 0.2) is 0 Å². The van der Waals surface area contributed by atoms with E-state index < -0.39 is 23.9 Å². The number of anilines is 1. The summed E-state index contributed by atoms with van der Waals surface area (Å²) in [6, 6.07) is 11.2. The number of nitrogens with one attached hydrogen (secondary N) is 2. The molecule has 30 heavy (non-hydrogen) atoms. The molecule has 0 saturated heterocycles. The molecule has 0 saturated carbocycles. The molecule has 156 valence electrons. The van der Waals surface area contributed by atoms with Crippen molar-refractivity contribution < 1.29 is 32.3 Å². The Morgan fingerprint density at radius 2 is 1.67 bits per heavy atom. The molecular formula is C19H13F3N2O4S2. The van der Waals surface area contributed by atoms with Gasteiger partial charge in [0.05, 0.1) is 16.3 Å². The average Bonchev–Trinajstić information content (AvgIpc) is 3.38. The van der Waals surface area contributed by atoms with Crippen LogP contribution < -0.4 is 15.4 Å². The highest BCUT2D eigenvalue weighted by atomic mass is 32.1. The SMILES string of the molecule is O=C(NCc1ccc(C(=O)c2cccs2)s1)C(=O)Nc1ccc(OC(F)(F)F)cc1. The van der Waals surface area contributed by atoms with Gasteiger partial charge in [0.2, 0.25) is 5.78 Å². The molecule has 3 aromatic rings. The Kier molecular flexibility index (Phi) is 6.53. The lowest BCUT2D eigenvalue weighted by molar-refractivity contribution is -0.274. The summed E-state index contributed by atoms with van der Waals surface area (Å²) < 4.78 is 40.1. The number of thiophene rings is 2. The minimum Gasteiger partial charge on any atom is -0.406 e. The van der Waals surface area contributed by atoms with Crippen LogP contribution in [0.1, 0.15) is 19.4 Å². The number of rotatable bonds is 6. The van der Waals surface area contributed by atoms with Crippen LogP contribution in [0.3, 0.4) is 0 Å². The van der Waals surface area contributed by atoms with Gasteiger partial charge >= 0.3 is 18.2 Å². The summed E-state index contributed by atoms with van der Waals surface area (Å²) in [5.74, 6) is -2.46. The first-order valence-electron chi connectivity index (χ1n) is 8.33. The molecule has 0 spiro atoms. The lowest BCUT2D eigenvalue weighted by Gasteiger charge is -2.10. The van der Waals surface area contributed by atoms with E-state index in [1.54, 1.807) is 29.6 Å². The fourth-order valence-electron chi connectivity index (χ4n) is 2.30. The van der Waals surface area contributed by atoms with Crippen LogP contribution in [0, 0.1) is 0 Å². The first-order chi connectivity index (χ1) is 14.2. The number of carbonyl (C=O) groups is 3. The van der Waals surface area contributed by atoms with E-state index >= 15 is 0 Å². The fourth-order valence-corrected chi connectivity index (χ4v) is 3.94. The second-order valence-corrected chi connectivity index (χ2v) is 7.90. The lowest BCUT2D eigenvalue weighted by Crippen LogP contribution is -2.34. The van der Waals surface area contributed by atoms with Crippen LogP contribution in [0.5, 0.6) is 5.75 Å². The third kappa shape index (κ3) is 5.91. The Hall–Kier alpha value is -3.18. The quantitative estimate of drug-likeness (QED) is 0.432. The van der Waals surface area contributed by atoms with Crippen molar-refractivity contribution in [3.05, 3.63) is 68.5 Å². The summed E-state index contributed by atoms with van der Waals surface area (Å²) in [4.78, 5) is 38.0. The zero-order valence-electron chi connectivity index (χ0n) is 15.0. The number of ether oxygens (including phenoxy) is 1. The number of hydrogen-bond acceptors (Lipinski definition) is 6. The summed E-state index contributed by atoms with van der Waals surface area (Å²) in [5.41, 5.74) is 0.129. The van der Waals surface area contributed by atoms with Crippen LogP contribution in [0.4, 0.5) is 18.9 Å². The van der Waals surface area contributed by atoms with E-state index in [2.05, 4.69) is 15.4 Å².